The van der Waals surface area contributed by atoms with Crippen molar-refractivity contribution in [3.63, 3.8) is 0 Å². The van der Waals surface area contributed by atoms with Gasteiger partial charge in [0.1, 0.15) is 6.54 Å². The highest BCUT2D eigenvalue weighted by atomic mass is 32.2. The molecule has 2 aromatic rings. The molecule has 152 valence electrons. The first kappa shape index (κ1) is 22.3. The number of aryl methyl sites for hydroxylation is 1. The largest absolute Gasteiger partial charge is 0.354 e. The molecule has 0 heterocycles. The Bertz CT molecular complexity index is 874. The number of amides is 1. The molecule has 0 radical (unpaired) electrons. The SMILES string of the molecule is Cc1ccc(S(=O)(=O)N(CC(=O)NCCSC(C)(C)C)c2ccccc2)cc1. The molecule has 0 aliphatic carbocycles. The molecule has 28 heavy (non-hydrogen) atoms. The number of thioether (sulfide) groups is 1. The van der Waals surface area contributed by atoms with Crippen LogP contribution in [0, 0.1) is 6.92 Å². The smallest absolute Gasteiger partial charge is 0.264 e. The van der Waals surface area contributed by atoms with Crippen molar-refractivity contribution in [2.75, 3.05) is 23.1 Å². The summed E-state index contributed by atoms with van der Waals surface area (Å²) in [5.74, 6) is 0.444. The maximum Gasteiger partial charge on any atom is 0.264 e. The van der Waals surface area contributed by atoms with Gasteiger partial charge < -0.3 is 5.32 Å². The standard InChI is InChI=1S/C21H28N2O3S2/c1-17-10-12-19(13-11-17)28(25,26)23(18-8-6-5-7-9-18)16-20(24)22-14-15-27-21(2,3)4/h5-13H,14-16H2,1-4H3,(H,22,24). The van der Waals surface area contributed by atoms with E-state index in [1.807, 2.05) is 13.0 Å². The van der Waals surface area contributed by atoms with Gasteiger partial charge in [0.2, 0.25) is 5.91 Å². The zero-order valence-corrected chi connectivity index (χ0v) is 18.4. The average Bonchev–Trinajstić information content (AvgIpc) is 2.63. The van der Waals surface area contributed by atoms with E-state index in [0.717, 1.165) is 15.6 Å². The molecule has 0 aromatic heterocycles. The molecule has 0 aliphatic heterocycles. The van der Waals surface area contributed by atoms with Gasteiger partial charge in [0, 0.05) is 17.0 Å². The third-order valence-corrected chi connectivity index (χ3v) is 6.96. The zero-order valence-electron chi connectivity index (χ0n) is 16.8. The lowest BCUT2D eigenvalue weighted by Gasteiger charge is -2.24. The summed E-state index contributed by atoms with van der Waals surface area (Å²) in [4.78, 5) is 12.6. The molecular formula is C21H28N2O3S2. The Morgan fingerprint density at radius 2 is 1.64 bits per heavy atom. The molecule has 0 aliphatic rings. The van der Waals surface area contributed by atoms with Crippen LogP contribution < -0.4 is 9.62 Å². The summed E-state index contributed by atoms with van der Waals surface area (Å²) < 4.78 is 27.6. The Balaban J connectivity index is 2.17. The molecule has 5 nitrogen and oxygen atoms in total. The van der Waals surface area contributed by atoms with Crippen LogP contribution in [0.2, 0.25) is 0 Å². The maximum atomic E-state index is 13.2. The fourth-order valence-corrected chi connectivity index (χ4v) is 4.72. The van der Waals surface area contributed by atoms with Crippen molar-refractivity contribution in [1.29, 1.82) is 0 Å². The molecule has 0 saturated carbocycles. The Hall–Kier alpha value is -1.99. The van der Waals surface area contributed by atoms with Crippen molar-refractivity contribution in [3.05, 3.63) is 60.2 Å². The summed E-state index contributed by atoms with van der Waals surface area (Å²) >= 11 is 1.75. The number of benzene rings is 2. The van der Waals surface area contributed by atoms with Gasteiger partial charge in [-0.3, -0.25) is 9.10 Å². The van der Waals surface area contributed by atoms with Crippen LogP contribution >= 0.6 is 11.8 Å². The van der Waals surface area contributed by atoms with Crippen molar-refractivity contribution >= 4 is 33.4 Å². The maximum absolute atomic E-state index is 13.2. The van der Waals surface area contributed by atoms with Gasteiger partial charge in [0.25, 0.3) is 10.0 Å². The monoisotopic (exact) mass is 420 g/mol. The number of carbonyl (C=O) groups is 1. The first-order valence-electron chi connectivity index (χ1n) is 9.15. The molecule has 0 bridgehead atoms. The number of rotatable bonds is 8. The molecule has 2 aromatic carbocycles. The molecule has 2 rings (SSSR count). The van der Waals surface area contributed by atoms with Gasteiger partial charge in [0.15, 0.2) is 0 Å². The van der Waals surface area contributed by atoms with Gasteiger partial charge >= 0.3 is 0 Å². The summed E-state index contributed by atoms with van der Waals surface area (Å²) in [5, 5.41) is 2.82. The third-order valence-electron chi connectivity index (χ3n) is 3.90. The van der Waals surface area contributed by atoms with E-state index in [4.69, 9.17) is 0 Å². The number of hydrogen-bond donors (Lipinski definition) is 1. The van der Waals surface area contributed by atoms with E-state index in [-0.39, 0.29) is 22.1 Å². The van der Waals surface area contributed by atoms with E-state index in [9.17, 15) is 13.2 Å². The Morgan fingerprint density at radius 1 is 1.04 bits per heavy atom. The zero-order chi connectivity index (χ0) is 20.8. The lowest BCUT2D eigenvalue weighted by Crippen LogP contribution is -2.41. The van der Waals surface area contributed by atoms with Crippen molar-refractivity contribution in [3.8, 4) is 0 Å². The van der Waals surface area contributed by atoms with Crippen LogP contribution in [0.15, 0.2) is 59.5 Å². The predicted octanol–water partition coefficient (Wildman–Crippen LogP) is 3.84. The van der Waals surface area contributed by atoms with Gasteiger partial charge in [-0.15, -0.1) is 0 Å². The van der Waals surface area contributed by atoms with E-state index < -0.39 is 10.0 Å². The Labute approximate surface area is 172 Å². The number of nitrogens with one attached hydrogen (secondary N) is 1. The lowest BCUT2D eigenvalue weighted by molar-refractivity contribution is -0.119. The highest BCUT2D eigenvalue weighted by molar-refractivity contribution is 8.00. The van der Waals surface area contributed by atoms with Crippen LogP contribution in [-0.4, -0.2) is 37.9 Å². The van der Waals surface area contributed by atoms with E-state index >= 15 is 0 Å². The van der Waals surface area contributed by atoms with Crippen LogP contribution in [0.3, 0.4) is 0 Å². The number of sulfonamides is 1. The first-order valence-corrected chi connectivity index (χ1v) is 11.6. The van der Waals surface area contributed by atoms with Gasteiger partial charge in [0.05, 0.1) is 10.6 Å². The summed E-state index contributed by atoms with van der Waals surface area (Å²) in [6.45, 7) is 8.48. The average molecular weight is 421 g/mol. The highest BCUT2D eigenvalue weighted by Gasteiger charge is 2.27. The van der Waals surface area contributed by atoms with Crippen LogP contribution in [0.25, 0.3) is 0 Å². The minimum Gasteiger partial charge on any atom is -0.354 e. The predicted molar refractivity (Wildman–Crippen MR) is 117 cm³/mol. The van der Waals surface area contributed by atoms with E-state index in [1.54, 1.807) is 60.3 Å². The Morgan fingerprint density at radius 3 is 2.21 bits per heavy atom. The van der Waals surface area contributed by atoms with Crippen LogP contribution in [0.4, 0.5) is 5.69 Å². The van der Waals surface area contributed by atoms with Crippen molar-refractivity contribution in [1.82, 2.24) is 5.32 Å². The molecule has 0 saturated heterocycles. The van der Waals surface area contributed by atoms with Crippen molar-refractivity contribution in [2.24, 2.45) is 0 Å². The second kappa shape index (κ2) is 9.47. The van der Waals surface area contributed by atoms with Gasteiger partial charge in [-0.2, -0.15) is 11.8 Å². The normalized spacial score (nSPS) is 11.9. The second-order valence-electron chi connectivity index (χ2n) is 7.47. The molecule has 0 unspecified atom stereocenters. The van der Waals surface area contributed by atoms with Gasteiger partial charge in [-0.1, -0.05) is 56.7 Å². The number of hydrogen-bond acceptors (Lipinski definition) is 4. The molecule has 7 heteroatoms. The minimum atomic E-state index is -3.85. The van der Waals surface area contributed by atoms with Gasteiger partial charge in [-0.25, -0.2) is 8.42 Å². The van der Waals surface area contributed by atoms with Crippen molar-refractivity contribution < 1.29 is 13.2 Å². The fourth-order valence-electron chi connectivity index (χ4n) is 2.48. The summed E-state index contributed by atoms with van der Waals surface area (Å²) in [6, 6.07) is 15.3. The van der Waals surface area contributed by atoms with Crippen molar-refractivity contribution in [2.45, 2.75) is 37.3 Å². The molecule has 0 fully saturated rings. The number of nitrogens with zero attached hydrogens (tertiary/aromatic N) is 1. The summed E-state index contributed by atoms with van der Waals surface area (Å²) in [7, 11) is -3.85. The number of anilines is 1. The topological polar surface area (TPSA) is 66.5 Å². The van der Waals surface area contributed by atoms with Crippen LogP contribution in [0.1, 0.15) is 26.3 Å². The Kier molecular flexibility index (Phi) is 7.55. The second-order valence-corrected chi connectivity index (χ2v) is 11.3. The number of carbonyl (C=O) groups excluding carboxylic acids is 1. The van der Waals surface area contributed by atoms with E-state index in [2.05, 4.69) is 26.1 Å². The number of para-hydroxylation sites is 1. The van der Waals surface area contributed by atoms with Crippen LogP contribution in [-0.2, 0) is 14.8 Å². The molecular weight excluding hydrogens is 392 g/mol. The van der Waals surface area contributed by atoms with Gasteiger partial charge in [-0.05, 0) is 31.2 Å². The fraction of sp³-hybridized carbons (Fsp3) is 0.381. The molecule has 1 amide bonds. The van der Waals surface area contributed by atoms with E-state index in [1.165, 1.54) is 0 Å². The first-order chi connectivity index (χ1) is 13.1. The molecule has 0 atom stereocenters. The third kappa shape index (κ3) is 6.56. The quantitative estimate of drug-likeness (QED) is 0.659. The summed E-state index contributed by atoms with van der Waals surface area (Å²) in [6.07, 6.45) is 0. The lowest BCUT2D eigenvalue weighted by atomic mass is 10.2. The summed E-state index contributed by atoms with van der Waals surface area (Å²) in [5.41, 5.74) is 1.43. The highest BCUT2D eigenvalue weighted by Crippen LogP contribution is 2.24. The molecule has 1 N–H and O–H groups in total. The van der Waals surface area contributed by atoms with Crippen LogP contribution in [0.5, 0.6) is 0 Å². The minimum absolute atomic E-state index is 0.121. The van der Waals surface area contributed by atoms with E-state index in [0.29, 0.717) is 12.2 Å². The molecule has 0 spiro atoms.